The second-order valence-electron chi connectivity index (χ2n) is 7.29. The van der Waals surface area contributed by atoms with Gasteiger partial charge in [0.15, 0.2) is 0 Å². The molecule has 0 bridgehead atoms. The monoisotopic (exact) mass is 435 g/mol. The lowest BCUT2D eigenvalue weighted by molar-refractivity contribution is 0.533. The van der Waals surface area contributed by atoms with Crippen molar-refractivity contribution in [2.45, 2.75) is 33.7 Å². The van der Waals surface area contributed by atoms with E-state index in [9.17, 15) is 0 Å². The van der Waals surface area contributed by atoms with Gasteiger partial charge < -0.3 is 5.32 Å². The average molecular weight is 437 g/mol. The molecule has 0 saturated carbocycles. The molecule has 0 fully saturated rings. The van der Waals surface area contributed by atoms with Crippen molar-refractivity contribution in [3.8, 4) is 16.9 Å². The molecule has 3 nitrogen and oxygen atoms in total. The SMILES string of the molecule is Cc1c(CNCCC(C)C)nn(-c2ccc(Cl)cc2Cl)c1-c1ccc(Cl)cc1. The van der Waals surface area contributed by atoms with Gasteiger partial charge in [0.25, 0.3) is 0 Å². The fourth-order valence-electron chi connectivity index (χ4n) is 3.08. The van der Waals surface area contributed by atoms with E-state index in [4.69, 9.17) is 39.9 Å². The molecular formula is C22H24Cl3N3. The van der Waals surface area contributed by atoms with Crippen molar-refractivity contribution in [2.24, 2.45) is 5.92 Å². The fourth-order valence-corrected chi connectivity index (χ4v) is 3.70. The zero-order valence-corrected chi connectivity index (χ0v) is 18.5. The van der Waals surface area contributed by atoms with Crippen LogP contribution in [0.3, 0.4) is 0 Å². The van der Waals surface area contributed by atoms with Crippen LogP contribution in [0.4, 0.5) is 0 Å². The van der Waals surface area contributed by atoms with E-state index in [1.807, 2.05) is 41.1 Å². The highest BCUT2D eigenvalue weighted by atomic mass is 35.5. The van der Waals surface area contributed by atoms with Gasteiger partial charge in [-0.05, 0) is 61.7 Å². The molecule has 0 saturated heterocycles. The van der Waals surface area contributed by atoms with Crippen LogP contribution in [0.25, 0.3) is 16.9 Å². The van der Waals surface area contributed by atoms with Gasteiger partial charge in [0.1, 0.15) is 0 Å². The maximum absolute atomic E-state index is 6.49. The molecule has 1 heterocycles. The lowest BCUT2D eigenvalue weighted by Gasteiger charge is -2.11. The summed E-state index contributed by atoms with van der Waals surface area (Å²) in [4.78, 5) is 0. The molecular weight excluding hydrogens is 413 g/mol. The van der Waals surface area contributed by atoms with Crippen molar-refractivity contribution < 1.29 is 0 Å². The Morgan fingerprint density at radius 2 is 1.68 bits per heavy atom. The number of rotatable bonds is 7. The summed E-state index contributed by atoms with van der Waals surface area (Å²) in [7, 11) is 0. The minimum atomic E-state index is 0.560. The van der Waals surface area contributed by atoms with Crippen LogP contribution in [-0.2, 0) is 6.54 Å². The highest BCUT2D eigenvalue weighted by Gasteiger charge is 2.19. The summed E-state index contributed by atoms with van der Waals surface area (Å²) in [5.74, 6) is 0.670. The van der Waals surface area contributed by atoms with Gasteiger partial charge >= 0.3 is 0 Å². The van der Waals surface area contributed by atoms with Crippen molar-refractivity contribution in [2.75, 3.05) is 6.54 Å². The molecule has 0 amide bonds. The molecule has 0 aliphatic carbocycles. The maximum atomic E-state index is 6.49. The van der Waals surface area contributed by atoms with E-state index >= 15 is 0 Å². The third kappa shape index (κ3) is 4.90. The molecule has 1 N–H and O–H groups in total. The van der Waals surface area contributed by atoms with Gasteiger partial charge in [-0.2, -0.15) is 5.10 Å². The molecule has 0 aliphatic heterocycles. The average Bonchev–Trinajstić information content (AvgIpc) is 2.96. The summed E-state index contributed by atoms with van der Waals surface area (Å²) < 4.78 is 1.90. The molecule has 0 spiro atoms. The Balaban J connectivity index is 2.03. The zero-order valence-electron chi connectivity index (χ0n) is 16.3. The van der Waals surface area contributed by atoms with Gasteiger partial charge in [0.2, 0.25) is 0 Å². The van der Waals surface area contributed by atoms with Crippen LogP contribution in [-0.4, -0.2) is 16.3 Å². The highest BCUT2D eigenvalue weighted by molar-refractivity contribution is 6.35. The summed E-state index contributed by atoms with van der Waals surface area (Å²) in [6, 6.07) is 13.2. The highest BCUT2D eigenvalue weighted by Crippen LogP contribution is 2.33. The molecule has 28 heavy (non-hydrogen) atoms. The summed E-state index contributed by atoms with van der Waals surface area (Å²) in [6.45, 7) is 8.21. The molecule has 0 aliphatic rings. The number of benzene rings is 2. The first-order chi connectivity index (χ1) is 13.4. The largest absolute Gasteiger partial charge is 0.311 e. The Morgan fingerprint density at radius 1 is 1.00 bits per heavy atom. The van der Waals surface area contributed by atoms with Crippen LogP contribution in [0.2, 0.25) is 15.1 Å². The van der Waals surface area contributed by atoms with Crippen LogP contribution < -0.4 is 5.32 Å². The zero-order chi connectivity index (χ0) is 20.3. The van der Waals surface area contributed by atoms with E-state index < -0.39 is 0 Å². The number of aromatic nitrogens is 2. The van der Waals surface area contributed by atoms with Crippen molar-refractivity contribution >= 4 is 34.8 Å². The molecule has 2 aromatic carbocycles. The molecule has 3 aromatic rings. The Labute approximate surface area is 181 Å². The van der Waals surface area contributed by atoms with Gasteiger partial charge in [0, 0.05) is 22.2 Å². The van der Waals surface area contributed by atoms with Crippen molar-refractivity contribution in [1.29, 1.82) is 0 Å². The first kappa shape index (κ1) is 21.2. The van der Waals surface area contributed by atoms with E-state index in [0.717, 1.165) is 41.2 Å². The third-order valence-electron chi connectivity index (χ3n) is 4.67. The van der Waals surface area contributed by atoms with Crippen LogP contribution in [0, 0.1) is 12.8 Å². The third-order valence-corrected chi connectivity index (χ3v) is 5.46. The Kier molecular flexibility index (Phi) is 7.05. The van der Waals surface area contributed by atoms with Crippen LogP contribution in [0.1, 0.15) is 31.5 Å². The molecule has 1 aromatic heterocycles. The topological polar surface area (TPSA) is 29.9 Å². The van der Waals surface area contributed by atoms with Gasteiger partial charge in [-0.15, -0.1) is 0 Å². The van der Waals surface area contributed by atoms with E-state index in [0.29, 0.717) is 27.5 Å². The Hall–Kier alpha value is -1.52. The molecule has 3 rings (SSSR count). The standard InChI is InChI=1S/C22H24Cl3N3/c1-14(2)10-11-26-13-20-15(3)22(16-4-6-17(23)7-5-16)28(27-20)21-9-8-18(24)12-19(21)25/h4-9,12,14,26H,10-11,13H2,1-3H3. The van der Waals surface area contributed by atoms with Gasteiger partial charge in [-0.1, -0.05) is 60.8 Å². The number of halogens is 3. The summed E-state index contributed by atoms with van der Waals surface area (Å²) in [6.07, 6.45) is 1.13. The first-order valence-corrected chi connectivity index (χ1v) is 10.5. The molecule has 148 valence electrons. The predicted octanol–water partition coefficient (Wildman–Crippen LogP) is 6.94. The fraction of sp³-hybridized carbons (Fsp3) is 0.318. The van der Waals surface area contributed by atoms with Crippen LogP contribution >= 0.6 is 34.8 Å². The smallest absolute Gasteiger partial charge is 0.0840 e. The van der Waals surface area contributed by atoms with E-state index in [-0.39, 0.29) is 0 Å². The lowest BCUT2D eigenvalue weighted by Crippen LogP contribution is -2.17. The van der Waals surface area contributed by atoms with Crippen LogP contribution in [0.5, 0.6) is 0 Å². The van der Waals surface area contributed by atoms with Crippen molar-refractivity contribution in [1.82, 2.24) is 15.1 Å². The van der Waals surface area contributed by atoms with E-state index in [2.05, 4.69) is 26.1 Å². The molecule has 6 heteroatoms. The van der Waals surface area contributed by atoms with E-state index in [1.165, 1.54) is 0 Å². The lowest BCUT2D eigenvalue weighted by atomic mass is 10.1. The van der Waals surface area contributed by atoms with Crippen molar-refractivity contribution in [3.63, 3.8) is 0 Å². The minimum Gasteiger partial charge on any atom is -0.311 e. The van der Waals surface area contributed by atoms with Gasteiger partial charge in [-0.3, -0.25) is 0 Å². The number of nitrogens with one attached hydrogen (secondary N) is 1. The molecule has 0 unspecified atom stereocenters. The van der Waals surface area contributed by atoms with Gasteiger partial charge in [-0.25, -0.2) is 4.68 Å². The quantitative estimate of drug-likeness (QED) is 0.406. The van der Waals surface area contributed by atoms with Crippen LogP contribution in [0.15, 0.2) is 42.5 Å². The van der Waals surface area contributed by atoms with Gasteiger partial charge in [0.05, 0.1) is 22.1 Å². The molecule has 0 atom stereocenters. The number of hydrogen-bond acceptors (Lipinski definition) is 2. The Bertz CT molecular complexity index is 946. The normalized spacial score (nSPS) is 11.4. The number of hydrogen-bond donors (Lipinski definition) is 1. The Morgan fingerprint density at radius 3 is 2.32 bits per heavy atom. The molecule has 0 radical (unpaired) electrons. The second-order valence-corrected chi connectivity index (χ2v) is 8.57. The minimum absolute atomic E-state index is 0.560. The summed E-state index contributed by atoms with van der Waals surface area (Å²) >= 11 is 18.7. The van der Waals surface area contributed by atoms with Crippen molar-refractivity contribution in [3.05, 3.63) is 68.8 Å². The summed E-state index contributed by atoms with van der Waals surface area (Å²) in [5, 5.41) is 10.2. The first-order valence-electron chi connectivity index (χ1n) is 9.37. The maximum Gasteiger partial charge on any atom is 0.0840 e. The second kappa shape index (κ2) is 9.32. The summed E-state index contributed by atoms with van der Waals surface area (Å²) in [5.41, 5.74) is 4.95. The van der Waals surface area contributed by atoms with E-state index in [1.54, 1.807) is 6.07 Å². The predicted molar refractivity (Wildman–Crippen MR) is 120 cm³/mol. The number of nitrogens with zero attached hydrogens (tertiary/aromatic N) is 2.